The standard InChI is InChI=1S/C19H26N4O3S2/c1-12-5-6-13(2)16(9-12)20-18(24)14(3)27-19-22-21-17(23(19)4)10-15-7-8-28(25,26)11-15/h5-6,9,14-15H,7-8,10-11H2,1-4H3,(H,20,24)/t14-,15-/m1/s1. The van der Waals surface area contributed by atoms with E-state index in [-0.39, 0.29) is 28.6 Å². The monoisotopic (exact) mass is 422 g/mol. The van der Waals surface area contributed by atoms with Crippen LogP contribution in [0.2, 0.25) is 0 Å². The van der Waals surface area contributed by atoms with Gasteiger partial charge in [0.1, 0.15) is 5.82 Å². The minimum atomic E-state index is -2.90. The first-order valence-corrected chi connectivity index (χ1v) is 12.0. The third-order valence-electron chi connectivity index (χ3n) is 5.03. The molecule has 7 nitrogen and oxygen atoms in total. The largest absolute Gasteiger partial charge is 0.325 e. The molecule has 2 aromatic rings. The Kier molecular flexibility index (Phi) is 6.14. The van der Waals surface area contributed by atoms with E-state index in [9.17, 15) is 13.2 Å². The number of thioether (sulfide) groups is 1. The number of rotatable bonds is 6. The van der Waals surface area contributed by atoms with E-state index in [1.165, 1.54) is 11.8 Å². The van der Waals surface area contributed by atoms with E-state index in [1.54, 1.807) is 0 Å². The molecule has 1 fully saturated rings. The van der Waals surface area contributed by atoms with Crippen LogP contribution >= 0.6 is 11.8 Å². The number of amides is 1. The number of aryl methyl sites for hydroxylation is 2. The Morgan fingerprint density at radius 3 is 2.79 bits per heavy atom. The molecule has 1 aromatic heterocycles. The molecule has 2 heterocycles. The van der Waals surface area contributed by atoms with Crippen molar-refractivity contribution < 1.29 is 13.2 Å². The Hall–Kier alpha value is -1.87. The molecule has 9 heteroatoms. The van der Waals surface area contributed by atoms with E-state index >= 15 is 0 Å². The minimum Gasteiger partial charge on any atom is -0.325 e. The van der Waals surface area contributed by atoms with Gasteiger partial charge in [0.2, 0.25) is 5.91 Å². The van der Waals surface area contributed by atoms with Crippen molar-refractivity contribution in [2.75, 3.05) is 16.8 Å². The molecular formula is C19H26N4O3S2. The van der Waals surface area contributed by atoms with Crippen molar-refractivity contribution in [3.8, 4) is 0 Å². The second kappa shape index (κ2) is 8.24. The van der Waals surface area contributed by atoms with Crippen LogP contribution in [0, 0.1) is 19.8 Å². The average Bonchev–Trinajstić information content (AvgIpc) is 3.14. The molecule has 1 aliphatic rings. The maximum absolute atomic E-state index is 12.6. The predicted octanol–water partition coefficient (Wildman–Crippen LogP) is 2.53. The van der Waals surface area contributed by atoms with Gasteiger partial charge in [0, 0.05) is 19.2 Å². The summed E-state index contributed by atoms with van der Waals surface area (Å²) in [5.74, 6) is 1.23. The molecule has 0 radical (unpaired) electrons. The first kappa shape index (κ1) is 20.9. The number of carbonyl (C=O) groups excluding carboxylic acids is 1. The van der Waals surface area contributed by atoms with Crippen LogP contribution in [0.1, 0.15) is 30.3 Å². The van der Waals surface area contributed by atoms with Crippen LogP contribution in [-0.2, 0) is 28.1 Å². The molecule has 0 bridgehead atoms. The molecule has 2 atom stereocenters. The van der Waals surface area contributed by atoms with Crippen LogP contribution < -0.4 is 5.32 Å². The fraction of sp³-hybridized carbons (Fsp3) is 0.526. The van der Waals surface area contributed by atoms with Gasteiger partial charge in [0.05, 0.1) is 16.8 Å². The van der Waals surface area contributed by atoms with Crippen molar-refractivity contribution >= 4 is 33.2 Å². The molecule has 1 amide bonds. The number of carbonyl (C=O) groups is 1. The zero-order valence-electron chi connectivity index (χ0n) is 16.6. The molecule has 1 aliphatic heterocycles. The molecular weight excluding hydrogens is 396 g/mol. The zero-order valence-corrected chi connectivity index (χ0v) is 18.2. The summed E-state index contributed by atoms with van der Waals surface area (Å²) in [4.78, 5) is 12.6. The second-order valence-electron chi connectivity index (χ2n) is 7.50. The Bertz CT molecular complexity index is 985. The van der Waals surface area contributed by atoms with Gasteiger partial charge in [0.15, 0.2) is 15.0 Å². The normalized spacial score (nSPS) is 19.5. The molecule has 3 rings (SSSR count). The van der Waals surface area contributed by atoms with Gasteiger partial charge in [-0.25, -0.2) is 8.42 Å². The highest BCUT2D eigenvalue weighted by Crippen LogP contribution is 2.26. The molecule has 1 N–H and O–H groups in total. The van der Waals surface area contributed by atoms with Gasteiger partial charge < -0.3 is 9.88 Å². The fourth-order valence-corrected chi connectivity index (χ4v) is 5.93. The number of sulfone groups is 1. The van der Waals surface area contributed by atoms with E-state index in [0.29, 0.717) is 18.0 Å². The van der Waals surface area contributed by atoms with Gasteiger partial charge in [-0.2, -0.15) is 0 Å². The highest BCUT2D eigenvalue weighted by Gasteiger charge is 2.29. The smallest absolute Gasteiger partial charge is 0.237 e. The summed E-state index contributed by atoms with van der Waals surface area (Å²) in [5.41, 5.74) is 2.93. The number of aromatic nitrogens is 3. The van der Waals surface area contributed by atoms with Crippen LogP contribution in [0.3, 0.4) is 0 Å². The average molecular weight is 423 g/mol. The number of benzene rings is 1. The lowest BCUT2D eigenvalue weighted by atomic mass is 10.1. The number of anilines is 1. The molecule has 152 valence electrons. The summed E-state index contributed by atoms with van der Waals surface area (Å²) in [6.45, 7) is 5.79. The Labute approximate surface area is 170 Å². The van der Waals surface area contributed by atoms with Crippen LogP contribution in [0.5, 0.6) is 0 Å². The lowest BCUT2D eigenvalue weighted by Crippen LogP contribution is -2.23. The molecule has 1 saturated heterocycles. The van der Waals surface area contributed by atoms with Crippen LogP contribution in [0.25, 0.3) is 0 Å². The number of hydrogen-bond acceptors (Lipinski definition) is 6. The third-order valence-corrected chi connectivity index (χ3v) is 8.00. The van der Waals surface area contributed by atoms with Gasteiger partial charge >= 0.3 is 0 Å². The van der Waals surface area contributed by atoms with Crippen molar-refractivity contribution in [2.24, 2.45) is 13.0 Å². The number of nitrogens with zero attached hydrogens (tertiary/aromatic N) is 3. The zero-order chi connectivity index (χ0) is 20.5. The maximum Gasteiger partial charge on any atom is 0.237 e. The van der Waals surface area contributed by atoms with Crippen molar-refractivity contribution in [3.05, 3.63) is 35.2 Å². The van der Waals surface area contributed by atoms with Crippen molar-refractivity contribution in [3.63, 3.8) is 0 Å². The van der Waals surface area contributed by atoms with E-state index in [0.717, 1.165) is 22.6 Å². The Morgan fingerprint density at radius 2 is 2.11 bits per heavy atom. The van der Waals surface area contributed by atoms with Crippen LogP contribution in [0.15, 0.2) is 23.4 Å². The highest BCUT2D eigenvalue weighted by atomic mass is 32.2. The molecule has 0 aliphatic carbocycles. The van der Waals surface area contributed by atoms with Crippen molar-refractivity contribution in [1.82, 2.24) is 14.8 Å². The third kappa shape index (κ3) is 4.94. The summed E-state index contributed by atoms with van der Waals surface area (Å²) in [6.07, 6.45) is 1.26. The number of hydrogen-bond donors (Lipinski definition) is 1. The Balaban J connectivity index is 1.62. The van der Waals surface area contributed by atoms with Gasteiger partial charge in [0.25, 0.3) is 0 Å². The fourth-order valence-electron chi connectivity index (χ4n) is 3.23. The lowest BCUT2D eigenvalue weighted by molar-refractivity contribution is -0.115. The van der Waals surface area contributed by atoms with E-state index in [2.05, 4.69) is 15.5 Å². The highest BCUT2D eigenvalue weighted by molar-refractivity contribution is 8.00. The minimum absolute atomic E-state index is 0.0925. The van der Waals surface area contributed by atoms with E-state index in [1.807, 2.05) is 50.6 Å². The maximum atomic E-state index is 12.6. The SMILES string of the molecule is Cc1ccc(C)c(NC(=O)[C@@H](C)Sc2nnc(C[C@H]3CCS(=O)(=O)C3)n2C)c1. The van der Waals surface area contributed by atoms with Gasteiger partial charge in [-0.05, 0) is 50.3 Å². The van der Waals surface area contributed by atoms with Crippen LogP contribution in [-0.4, -0.2) is 45.8 Å². The molecule has 0 unspecified atom stereocenters. The predicted molar refractivity (Wildman–Crippen MR) is 111 cm³/mol. The van der Waals surface area contributed by atoms with Gasteiger partial charge in [-0.15, -0.1) is 10.2 Å². The molecule has 1 aromatic carbocycles. The summed E-state index contributed by atoms with van der Waals surface area (Å²) in [5, 5.41) is 11.7. The van der Waals surface area contributed by atoms with Crippen LogP contribution in [0.4, 0.5) is 5.69 Å². The molecule has 28 heavy (non-hydrogen) atoms. The van der Waals surface area contributed by atoms with E-state index in [4.69, 9.17) is 0 Å². The van der Waals surface area contributed by atoms with Gasteiger partial charge in [-0.3, -0.25) is 4.79 Å². The summed E-state index contributed by atoms with van der Waals surface area (Å²) < 4.78 is 25.1. The second-order valence-corrected chi connectivity index (χ2v) is 11.0. The molecule has 0 saturated carbocycles. The lowest BCUT2D eigenvalue weighted by Gasteiger charge is -2.14. The first-order valence-electron chi connectivity index (χ1n) is 9.28. The summed E-state index contributed by atoms with van der Waals surface area (Å²) in [7, 11) is -1.05. The number of nitrogens with one attached hydrogen (secondary N) is 1. The topological polar surface area (TPSA) is 94.0 Å². The molecule has 0 spiro atoms. The van der Waals surface area contributed by atoms with Crippen molar-refractivity contribution in [1.29, 1.82) is 0 Å². The van der Waals surface area contributed by atoms with Crippen molar-refractivity contribution in [2.45, 2.75) is 44.0 Å². The summed E-state index contributed by atoms with van der Waals surface area (Å²) >= 11 is 1.35. The van der Waals surface area contributed by atoms with E-state index < -0.39 is 9.84 Å². The summed E-state index contributed by atoms with van der Waals surface area (Å²) in [6, 6.07) is 5.96. The van der Waals surface area contributed by atoms with Gasteiger partial charge in [-0.1, -0.05) is 23.9 Å². The quantitative estimate of drug-likeness (QED) is 0.719. The first-order chi connectivity index (χ1) is 13.1. The Morgan fingerprint density at radius 1 is 1.36 bits per heavy atom.